The van der Waals surface area contributed by atoms with Crippen molar-refractivity contribution >= 4 is 22.6 Å². The zero-order valence-electron chi connectivity index (χ0n) is 14.7. The van der Waals surface area contributed by atoms with Gasteiger partial charge in [0.05, 0.1) is 12.1 Å². The summed E-state index contributed by atoms with van der Waals surface area (Å²) >= 11 is 0. The molecule has 0 saturated heterocycles. The van der Waals surface area contributed by atoms with E-state index >= 15 is 0 Å². The number of H-pyrrole nitrogens is 1. The number of anilines is 1. The first kappa shape index (κ1) is 17.0. The smallest absolute Gasteiger partial charge is 0.251 e. The van der Waals surface area contributed by atoms with Crippen molar-refractivity contribution in [2.75, 3.05) is 11.9 Å². The third kappa shape index (κ3) is 4.04. The van der Waals surface area contributed by atoms with Crippen LogP contribution in [0.2, 0.25) is 0 Å². The van der Waals surface area contributed by atoms with Gasteiger partial charge in [-0.15, -0.1) is 0 Å². The minimum absolute atomic E-state index is 0.0225. The molecule has 4 aromatic rings. The maximum absolute atomic E-state index is 12.1. The van der Waals surface area contributed by atoms with Gasteiger partial charge in [0.1, 0.15) is 6.61 Å². The molecule has 1 heterocycles. The van der Waals surface area contributed by atoms with Gasteiger partial charge in [-0.1, -0.05) is 66.7 Å². The summed E-state index contributed by atoms with van der Waals surface area (Å²) < 4.78 is 5.47. The Balaban J connectivity index is 1.41. The monoisotopic (exact) mass is 357 g/mol. The summed E-state index contributed by atoms with van der Waals surface area (Å²) in [5.41, 5.74) is 4.13. The molecule has 4 rings (SSSR count). The quantitative estimate of drug-likeness (QED) is 0.538. The van der Waals surface area contributed by atoms with Gasteiger partial charge in [0.2, 0.25) is 0 Å². The molecule has 0 aliphatic rings. The molecule has 5 heteroatoms. The van der Waals surface area contributed by atoms with Crippen LogP contribution in [0, 0.1) is 0 Å². The first-order valence-corrected chi connectivity index (χ1v) is 8.75. The number of hydrogen-bond donors (Lipinski definition) is 2. The summed E-state index contributed by atoms with van der Waals surface area (Å²) in [4.78, 5) is 12.1. The van der Waals surface area contributed by atoms with Gasteiger partial charge in [0.15, 0.2) is 5.82 Å². The highest BCUT2D eigenvalue weighted by atomic mass is 16.5. The summed E-state index contributed by atoms with van der Waals surface area (Å²) in [5.74, 6) is 0.282. The Morgan fingerprint density at radius 1 is 0.926 bits per heavy atom. The topological polar surface area (TPSA) is 67.0 Å². The van der Waals surface area contributed by atoms with Gasteiger partial charge in [-0.3, -0.25) is 9.89 Å². The summed E-state index contributed by atoms with van der Waals surface area (Å²) in [6.45, 7) is 0.376. The highest BCUT2D eigenvalue weighted by Crippen LogP contribution is 2.26. The van der Waals surface area contributed by atoms with Crippen LogP contribution in [0.3, 0.4) is 0 Å². The molecule has 0 spiro atoms. The molecule has 0 aliphatic heterocycles. The van der Waals surface area contributed by atoms with E-state index in [1.807, 2.05) is 66.7 Å². The van der Waals surface area contributed by atoms with Crippen LogP contribution in [0.4, 0.5) is 5.82 Å². The highest BCUT2D eigenvalue weighted by molar-refractivity contribution is 6.01. The van der Waals surface area contributed by atoms with Crippen molar-refractivity contribution in [1.82, 2.24) is 10.2 Å². The number of nitrogens with one attached hydrogen (secondary N) is 2. The van der Waals surface area contributed by atoms with Crippen molar-refractivity contribution in [2.45, 2.75) is 6.61 Å². The van der Waals surface area contributed by atoms with Crippen LogP contribution >= 0.6 is 0 Å². The van der Waals surface area contributed by atoms with Gasteiger partial charge < -0.3 is 10.1 Å². The number of nitrogens with zero attached hydrogens (tertiary/aromatic N) is 1. The standard InChI is InChI=1S/C22H19N3O2/c26-21(15-27-14-16-7-3-1-4-8-16)23-22-19-12-11-18(13-20(19)24-25-22)17-9-5-2-6-10-17/h1-13H,14-15H2,(H2,23,24,25,26). The lowest BCUT2D eigenvalue weighted by Crippen LogP contribution is -2.18. The molecule has 5 nitrogen and oxygen atoms in total. The van der Waals surface area contributed by atoms with Gasteiger partial charge in [0, 0.05) is 5.39 Å². The van der Waals surface area contributed by atoms with Crippen molar-refractivity contribution in [3.63, 3.8) is 0 Å². The molecule has 134 valence electrons. The molecule has 27 heavy (non-hydrogen) atoms. The molecule has 3 aromatic carbocycles. The second kappa shape index (κ2) is 7.85. The van der Waals surface area contributed by atoms with Crippen molar-refractivity contribution in [3.8, 4) is 11.1 Å². The van der Waals surface area contributed by atoms with E-state index in [0.717, 1.165) is 27.6 Å². The third-order valence-electron chi connectivity index (χ3n) is 4.27. The van der Waals surface area contributed by atoms with E-state index in [1.54, 1.807) is 0 Å². The maximum atomic E-state index is 12.1. The van der Waals surface area contributed by atoms with Crippen LogP contribution in [0.1, 0.15) is 5.56 Å². The van der Waals surface area contributed by atoms with E-state index in [9.17, 15) is 4.79 Å². The number of hydrogen-bond acceptors (Lipinski definition) is 3. The number of benzene rings is 3. The van der Waals surface area contributed by atoms with Crippen LogP contribution in [0.5, 0.6) is 0 Å². The third-order valence-corrected chi connectivity index (χ3v) is 4.27. The first-order valence-electron chi connectivity index (χ1n) is 8.75. The molecule has 0 fully saturated rings. The summed E-state index contributed by atoms with van der Waals surface area (Å²) in [7, 11) is 0. The SMILES string of the molecule is O=C(COCc1ccccc1)Nc1n[nH]c2cc(-c3ccccc3)ccc12. The molecule has 0 saturated carbocycles. The number of amides is 1. The molecule has 1 aromatic heterocycles. The second-order valence-corrected chi connectivity index (χ2v) is 6.23. The highest BCUT2D eigenvalue weighted by Gasteiger charge is 2.10. The van der Waals surface area contributed by atoms with Crippen LogP contribution in [-0.2, 0) is 16.1 Å². The van der Waals surface area contributed by atoms with Crippen molar-refractivity contribution in [3.05, 3.63) is 84.4 Å². The van der Waals surface area contributed by atoms with Gasteiger partial charge >= 0.3 is 0 Å². The Labute approximate surface area is 157 Å². The lowest BCUT2D eigenvalue weighted by Gasteiger charge is -2.05. The predicted octanol–water partition coefficient (Wildman–Crippen LogP) is 4.39. The van der Waals surface area contributed by atoms with E-state index < -0.39 is 0 Å². The van der Waals surface area contributed by atoms with Crippen LogP contribution < -0.4 is 5.32 Å². The second-order valence-electron chi connectivity index (χ2n) is 6.23. The molecular formula is C22H19N3O2. The molecule has 0 atom stereocenters. The van der Waals surface area contributed by atoms with E-state index in [2.05, 4.69) is 27.6 Å². The van der Waals surface area contributed by atoms with Crippen LogP contribution in [0.15, 0.2) is 78.9 Å². The number of ether oxygens (including phenoxy) is 1. The molecule has 0 radical (unpaired) electrons. The summed E-state index contributed by atoms with van der Waals surface area (Å²) in [6, 6.07) is 25.9. The Morgan fingerprint density at radius 3 is 2.44 bits per heavy atom. The van der Waals surface area contributed by atoms with E-state index in [1.165, 1.54) is 0 Å². The minimum atomic E-state index is -0.230. The lowest BCUT2D eigenvalue weighted by molar-refractivity contribution is -0.121. The van der Waals surface area contributed by atoms with Gasteiger partial charge in [-0.25, -0.2) is 0 Å². The van der Waals surface area contributed by atoms with Crippen LogP contribution in [-0.4, -0.2) is 22.7 Å². The summed E-state index contributed by atoms with van der Waals surface area (Å²) in [5, 5.41) is 10.9. The first-order chi connectivity index (χ1) is 13.3. The van der Waals surface area contributed by atoms with Gasteiger partial charge in [0.25, 0.3) is 5.91 Å². The Bertz CT molecular complexity index is 1040. The number of aromatic nitrogens is 2. The molecular weight excluding hydrogens is 338 g/mol. The normalized spacial score (nSPS) is 10.8. The van der Waals surface area contributed by atoms with Crippen molar-refractivity contribution in [1.29, 1.82) is 0 Å². The lowest BCUT2D eigenvalue weighted by atomic mass is 10.0. The summed E-state index contributed by atoms with van der Waals surface area (Å²) in [6.07, 6.45) is 0. The van der Waals surface area contributed by atoms with Gasteiger partial charge in [-0.05, 0) is 28.8 Å². The van der Waals surface area contributed by atoms with E-state index in [0.29, 0.717) is 12.4 Å². The maximum Gasteiger partial charge on any atom is 0.251 e. The number of carbonyl (C=O) groups is 1. The predicted molar refractivity (Wildman–Crippen MR) is 106 cm³/mol. The number of rotatable bonds is 6. The van der Waals surface area contributed by atoms with E-state index in [-0.39, 0.29) is 12.5 Å². The minimum Gasteiger partial charge on any atom is -0.367 e. The average Bonchev–Trinajstić information content (AvgIpc) is 3.11. The molecule has 0 unspecified atom stereocenters. The Morgan fingerprint density at radius 2 is 1.67 bits per heavy atom. The number of fused-ring (bicyclic) bond motifs is 1. The molecule has 2 N–H and O–H groups in total. The zero-order chi connectivity index (χ0) is 18.5. The molecule has 1 amide bonds. The van der Waals surface area contributed by atoms with Crippen molar-refractivity contribution < 1.29 is 9.53 Å². The fourth-order valence-electron chi connectivity index (χ4n) is 2.93. The number of aromatic amines is 1. The largest absolute Gasteiger partial charge is 0.367 e. The van der Waals surface area contributed by atoms with Crippen LogP contribution in [0.25, 0.3) is 22.0 Å². The zero-order valence-corrected chi connectivity index (χ0v) is 14.7. The molecule has 0 aliphatic carbocycles. The average molecular weight is 357 g/mol. The molecule has 0 bridgehead atoms. The van der Waals surface area contributed by atoms with E-state index in [4.69, 9.17) is 4.74 Å². The number of carbonyl (C=O) groups excluding carboxylic acids is 1. The fraction of sp³-hybridized carbons (Fsp3) is 0.0909. The van der Waals surface area contributed by atoms with Crippen molar-refractivity contribution in [2.24, 2.45) is 0 Å². The fourth-order valence-corrected chi connectivity index (χ4v) is 2.93. The van der Waals surface area contributed by atoms with Gasteiger partial charge in [-0.2, -0.15) is 5.10 Å². The Hall–Kier alpha value is -3.44. The Kier molecular flexibility index (Phi) is 4.94.